The summed E-state index contributed by atoms with van der Waals surface area (Å²) in [6.07, 6.45) is 1.46. The molecule has 2 N–H and O–H groups in total. The van der Waals surface area contributed by atoms with Gasteiger partial charge in [-0.2, -0.15) is 0 Å². The third kappa shape index (κ3) is 2.40. The van der Waals surface area contributed by atoms with Gasteiger partial charge in [-0.15, -0.1) is 0 Å². The fourth-order valence-corrected chi connectivity index (χ4v) is 2.63. The van der Waals surface area contributed by atoms with Crippen molar-refractivity contribution in [1.29, 1.82) is 0 Å². The standard InChI is InChI=1S/C17H16N2O2/c18-15-10-4-1-6-12(15)7-5-11-19-16(20)13-8-2-3-9-14(13)17(19)21/h1-4,6,8-10H,5,7,11,18H2. The number of hydrogen-bond acceptors (Lipinski definition) is 3. The first-order chi connectivity index (χ1) is 10.2. The molecule has 1 aliphatic heterocycles. The largest absolute Gasteiger partial charge is 0.399 e. The molecular formula is C17H16N2O2. The number of imide groups is 1. The molecule has 2 amide bonds. The van der Waals surface area contributed by atoms with Gasteiger partial charge < -0.3 is 5.73 Å². The van der Waals surface area contributed by atoms with Crippen LogP contribution >= 0.6 is 0 Å². The summed E-state index contributed by atoms with van der Waals surface area (Å²) in [6.45, 7) is 0.417. The molecule has 4 heteroatoms. The first-order valence-corrected chi connectivity index (χ1v) is 6.97. The highest BCUT2D eigenvalue weighted by atomic mass is 16.2. The molecule has 1 aliphatic rings. The van der Waals surface area contributed by atoms with E-state index in [-0.39, 0.29) is 11.8 Å². The van der Waals surface area contributed by atoms with Crippen molar-refractivity contribution in [2.75, 3.05) is 12.3 Å². The number of nitrogens with zero attached hydrogens (tertiary/aromatic N) is 1. The zero-order valence-electron chi connectivity index (χ0n) is 11.6. The topological polar surface area (TPSA) is 63.4 Å². The van der Waals surface area contributed by atoms with E-state index in [1.807, 2.05) is 24.3 Å². The maximum absolute atomic E-state index is 12.2. The molecule has 0 bridgehead atoms. The van der Waals surface area contributed by atoms with E-state index in [1.54, 1.807) is 24.3 Å². The summed E-state index contributed by atoms with van der Waals surface area (Å²) in [7, 11) is 0. The van der Waals surface area contributed by atoms with Gasteiger partial charge in [-0.05, 0) is 36.6 Å². The number of benzene rings is 2. The van der Waals surface area contributed by atoms with Crippen LogP contribution in [0.3, 0.4) is 0 Å². The monoisotopic (exact) mass is 280 g/mol. The summed E-state index contributed by atoms with van der Waals surface area (Å²) in [5, 5.41) is 0. The molecular weight excluding hydrogens is 264 g/mol. The van der Waals surface area contributed by atoms with Crippen LogP contribution in [0.25, 0.3) is 0 Å². The number of aryl methyl sites for hydroxylation is 1. The van der Waals surface area contributed by atoms with Crippen LogP contribution in [-0.4, -0.2) is 23.3 Å². The number of anilines is 1. The van der Waals surface area contributed by atoms with Crippen molar-refractivity contribution >= 4 is 17.5 Å². The van der Waals surface area contributed by atoms with E-state index in [4.69, 9.17) is 5.73 Å². The second-order valence-electron chi connectivity index (χ2n) is 5.11. The van der Waals surface area contributed by atoms with Crippen molar-refractivity contribution < 1.29 is 9.59 Å². The van der Waals surface area contributed by atoms with Crippen LogP contribution in [0.5, 0.6) is 0 Å². The molecule has 106 valence electrons. The van der Waals surface area contributed by atoms with Crippen LogP contribution in [0.1, 0.15) is 32.7 Å². The Balaban J connectivity index is 1.66. The van der Waals surface area contributed by atoms with Gasteiger partial charge in [-0.3, -0.25) is 14.5 Å². The second-order valence-corrected chi connectivity index (χ2v) is 5.11. The number of carbonyl (C=O) groups excluding carboxylic acids is 2. The van der Waals surface area contributed by atoms with Crippen molar-refractivity contribution in [3.63, 3.8) is 0 Å². The summed E-state index contributed by atoms with van der Waals surface area (Å²) >= 11 is 0. The lowest BCUT2D eigenvalue weighted by Gasteiger charge is -2.14. The van der Waals surface area contributed by atoms with Crippen molar-refractivity contribution in [3.05, 3.63) is 65.2 Å². The van der Waals surface area contributed by atoms with Gasteiger partial charge in [0.15, 0.2) is 0 Å². The van der Waals surface area contributed by atoms with Crippen molar-refractivity contribution in [2.45, 2.75) is 12.8 Å². The molecule has 4 nitrogen and oxygen atoms in total. The highest BCUT2D eigenvalue weighted by molar-refractivity contribution is 6.21. The number of rotatable bonds is 4. The Morgan fingerprint density at radius 3 is 2.05 bits per heavy atom. The molecule has 2 aromatic rings. The highest BCUT2D eigenvalue weighted by Gasteiger charge is 2.34. The fourth-order valence-electron chi connectivity index (χ4n) is 2.63. The Hall–Kier alpha value is -2.62. The summed E-state index contributed by atoms with van der Waals surface area (Å²) < 4.78 is 0. The molecule has 0 saturated carbocycles. The van der Waals surface area contributed by atoms with E-state index in [0.717, 1.165) is 17.7 Å². The summed E-state index contributed by atoms with van der Waals surface area (Å²) in [4.78, 5) is 25.7. The van der Waals surface area contributed by atoms with Crippen molar-refractivity contribution in [2.24, 2.45) is 0 Å². The van der Waals surface area contributed by atoms with Gasteiger partial charge in [-0.25, -0.2) is 0 Å². The second kappa shape index (κ2) is 5.40. The van der Waals surface area contributed by atoms with Gasteiger partial charge in [0.2, 0.25) is 0 Å². The van der Waals surface area contributed by atoms with Crippen molar-refractivity contribution in [3.8, 4) is 0 Å². The third-order valence-electron chi connectivity index (χ3n) is 3.76. The van der Waals surface area contributed by atoms with Gasteiger partial charge >= 0.3 is 0 Å². The van der Waals surface area contributed by atoms with Crippen LogP contribution in [0.15, 0.2) is 48.5 Å². The zero-order chi connectivity index (χ0) is 14.8. The molecule has 0 aliphatic carbocycles. The third-order valence-corrected chi connectivity index (χ3v) is 3.76. The molecule has 0 unspecified atom stereocenters. The van der Waals surface area contributed by atoms with Crippen LogP contribution in [0, 0.1) is 0 Å². The molecule has 3 rings (SSSR count). The minimum absolute atomic E-state index is 0.198. The Labute approximate surface area is 123 Å². The van der Waals surface area contributed by atoms with Gasteiger partial charge in [0.05, 0.1) is 11.1 Å². The smallest absolute Gasteiger partial charge is 0.261 e. The predicted octanol–water partition coefficient (Wildman–Crippen LogP) is 2.50. The maximum Gasteiger partial charge on any atom is 0.261 e. The first-order valence-electron chi connectivity index (χ1n) is 6.97. The Morgan fingerprint density at radius 1 is 0.857 bits per heavy atom. The molecule has 0 saturated heterocycles. The molecule has 0 radical (unpaired) electrons. The quantitative estimate of drug-likeness (QED) is 0.691. The Bertz CT molecular complexity index is 674. The van der Waals surface area contributed by atoms with Crippen molar-refractivity contribution in [1.82, 2.24) is 4.90 Å². The lowest BCUT2D eigenvalue weighted by atomic mass is 10.1. The molecule has 0 aromatic heterocycles. The molecule has 0 fully saturated rings. The number of fused-ring (bicyclic) bond motifs is 1. The van der Waals surface area contributed by atoms with E-state index in [9.17, 15) is 9.59 Å². The highest BCUT2D eigenvalue weighted by Crippen LogP contribution is 2.23. The van der Waals surface area contributed by atoms with E-state index >= 15 is 0 Å². The molecule has 1 heterocycles. The Morgan fingerprint density at radius 2 is 1.43 bits per heavy atom. The van der Waals surface area contributed by atoms with Crippen LogP contribution in [-0.2, 0) is 6.42 Å². The van der Waals surface area contributed by atoms with Gasteiger partial charge in [-0.1, -0.05) is 30.3 Å². The predicted molar refractivity (Wildman–Crippen MR) is 81.0 cm³/mol. The number of nitrogens with two attached hydrogens (primary N) is 1. The van der Waals surface area contributed by atoms with E-state index in [2.05, 4.69) is 0 Å². The average Bonchev–Trinajstić information content (AvgIpc) is 2.74. The average molecular weight is 280 g/mol. The molecule has 0 atom stereocenters. The lowest BCUT2D eigenvalue weighted by Crippen LogP contribution is -2.31. The van der Waals surface area contributed by atoms with Gasteiger partial charge in [0.25, 0.3) is 11.8 Å². The zero-order valence-corrected chi connectivity index (χ0v) is 11.6. The fraction of sp³-hybridized carbons (Fsp3) is 0.176. The van der Waals surface area contributed by atoms with E-state index in [0.29, 0.717) is 24.1 Å². The van der Waals surface area contributed by atoms with E-state index < -0.39 is 0 Å². The minimum Gasteiger partial charge on any atom is -0.399 e. The molecule has 2 aromatic carbocycles. The number of amides is 2. The van der Waals surface area contributed by atoms with E-state index in [1.165, 1.54) is 4.90 Å². The summed E-state index contributed by atoms with van der Waals surface area (Å²) in [6, 6.07) is 14.6. The minimum atomic E-state index is -0.198. The first kappa shape index (κ1) is 13.4. The van der Waals surface area contributed by atoms with Gasteiger partial charge in [0.1, 0.15) is 0 Å². The Kier molecular flexibility index (Phi) is 3.44. The number of para-hydroxylation sites is 1. The number of carbonyl (C=O) groups is 2. The van der Waals surface area contributed by atoms with Crippen LogP contribution in [0.4, 0.5) is 5.69 Å². The van der Waals surface area contributed by atoms with Gasteiger partial charge in [0, 0.05) is 12.2 Å². The maximum atomic E-state index is 12.2. The normalized spacial score (nSPS) is 13.6. The van der Waals surface area contributed by atoms with Crippen LogP contribution in [0.2, 0.25) is 0 Å². The summed E-state index contributed by atoms with van der Waals surface area (Å²) in [5.74, 6) is -0.395. The molecule has 0 spiro atoms. The molecule has 21 heavy (non-hydrogen) atoms. The SMILES string of the molecule is Nc1ccccc1CCCN1C(=O)c2ccccc2C1=O. The summed E-state index contributed by atoms with van der Waals surface area (Å²) in [5.41, 5.74) is 8.69. The number of nitrogen functional groups attached to an aromatic ring is 1. The van der Waals surface area contributed by atoms with Crippen LogP contribution < -0.4 is 5.73 Å². The number of hydrogen-bond donors (Lipinski definition) is 1. The lowest BCUT2D eigenvalue weighted by molar-refractivity contribution is 0.0652.